The lowest BCUT2D eigenvalue weighted by Crippen LogP contribution is -2.41. The molecule has 0 saturated carbocycles. The molecule has 1 N–H and O–H groups in total. The third kappa shape index (κ3) is 4.44. The fraction of sp³-hybridized carbons (Fsp3) is 0.423. The van der Waals surface area contributed by atoms with Crippen molar-refractivity contribution in [1.82, 2.24) is 5.32 Å². The molecule has 2 heterocycles. The van der Waals surface area contributed by atoms with E-state index < -0.39 is 18.3 Å². The molecule has 0 bridgehead atoms. The summed E-state index contributed by atoms with van der Waals surface area (Å²) in [5.74, 6) is -0.264. The lowest BCUT2D eigenvalue weighted by Gasteiger charge is -2.32. The Hall–Kier alpha value is -2.84. The van der Waals surface area contributed by atoms with E-state index in [4.69, 9.17) is 13.7 Å². The molecule has 3 aromatic rings. The number of nitrogens with one attached hydrogen (secondary N) is 1. The third-order valence-corrected chi connectivity index (χ3v) is 6.39. The summed E-state index contributed by atoms with van der Waals surface area (Å²) >= 11 is 0. The Morgan fingerprint density at radius 2 is 1.56 bits per heavy atom. The molecule has 1 aliphatic heterocycles. The number of hydrogen-bond acceptors (Lipinski definition) is 5. The van der Waals surface area contributed by atoms with Crippen LogP contribution in [0, 0.1) is 5.82 Å². The smallest absolute Gasteiger partial charge is 0.455 e. The Labute approximate surface area is 201 Å². The summed E-state index contributed by atoms with van der Waals surface area (Å²) in [6, 6.07) is 9.67. The van der Waals surface area contributed by atoms with Crippen LogP contribution < -0.4 is 15.7 Å². The topological polar surface area (TPSA) is 63.9 Å². The van der Waals surface area contributed by atoms with Crippen LogP contribution in [0.2, 0.25) is 0 Å². The highest BCUT2D eigenvalue weighted by molar-refractivity contribution is 6.64. The molecule has 1 fully saturated rings. The first-order valence-electron chi connectivity index (χ1n) is 11.6. The van der Waals surface area contributed by atoms with E-state index in [0.717, 1.165) is 11.2 Å². The molecule has 0 radical (unpaired) electrons. The fourth-order valence-electron chi connectivity index (χ4n) is 3.85. The van der Waals surface area contributed by atoms with Gasteiger partial charge in [0, 0.05) is 49.3 Å². The van der Waals surface area contributed by atoms with E-state index in [9.17, 15) is 9.18 Å². The van der Waals surface area contributed by atoms with E-state index in [1.807, 2.05) is 72.7 Å². The van der Waals surface area contributed by atoms with Crippen molar-refractivity contribution in [2.24, 2.45) is 0 Å². The monoisotopic (exact) mass is 468 g/mol. The maximum absolute atomic E-state index is 13.5. The first kappa shape index (κ1) is 25.8. The zero-order valence-electron chi connectivity index (χ0n) is 21.5. The van der Waals surface area contributed by atoms with Crippen molar-refractivity contribution >= 4 is 35.1 Å². The number of carbonyl (C=O) groups excluding carboxylic acids is 1. The second-order valence-corrected chi connectivity index (χ2v) is 9.28. The summed E-state index contributed by atoms with van der Waals surface area (Å²) in [5.41, 5.74) is 2.20. The minimum absolute atomic E-state index is 0.291. The van der Waals surface area contributed by atoms with Gasteiger partial charge in [-0.1, -0.05) is 13.8 Å². The summed E-state index contributed by atoms with van der Waals surface area (Å²) in [6.07, 6.45) is 0. The SMILES string of the molecule is CC.CNC(=O)c1c(-c2ccc(F)cc2)oc2cc(N(C)C)c(B3OC(C)(C)C(C)(C)O3)cc12. The summed E-state index contributed by atoms with van der Waals surface area (Å²) in [4.78, 5) is 14.8. The average Bonchev–Trinajstić information content (AvgIpc) is 3.27. The van der Waals surface area contributed by atoms with Crippen LogP contribution in [0.4, 0.5) is 10.1 Å². The summed E-state index contributed by atoms with van der Waals surface area (Å²) in [6.45, 7) is 12.0. The molecule has 4 rings (SSSR count). The Bertz CT molecular complexity index is 1170. The molecule has 1 amide bonds. The van der Waals surface area contributed by atoms with Gasteiger partial charge in [-0.05, 0) is 58.0 Å². The van der Waals surface area contributed by atoms with Crippen LogP contribution in [0.1, 0.15) is 51.9 Å². The molecule has 1 saturated heterocycles. The first-order valence-corrected chi connectivity index (χ1v) is 11.6. The molecule has 1 aromatic heterocycles. The standard InChI is InChI=1S/C24H28BFN2O4.C2H6/c1-23(2)24(3,4)32-25(31-23)17-12-16-19(13-18(17)28(6)7)30-21(20(16)22(29)27-5)14-8-10-15(26)11-9-14;1-2/h8-13H,1-7H3,(H,27,29);1-2H3. The van der Waals surface area contributed by atoms with E-state index in [-0.39, 0.29) is 11.7 Å². The van der Waals surface area contributed by atoms with Crippen molar-refractivity contribution in [3.8, 4) is 11.3 Å². The minimum Gasteiger partial charge on any atom is -0.455 e. The van der Waals surface area contributed by atoms with E-state index in [1.165, 1.54) is 12.1 Å². The van der Waals surface area contributed by atoms with Crippen molar-refractivity contribution in [3.63, 3.8) is 0 Å². The van der Waals surface area contributed by atoms with Gasteiger partial charge in [-0.15, -0.1) is 0 Å². The number of nitrogens with zero attached hydrogens (tertiary/aromatic N) is 1. The number of furan rings is 1. The Balaban J connectivity index is 0.00000158. The molecule has 0 spiro atoms. The van der Waals surface area contributed by atoms with E-state index in [0.29, 0.717) is 27.9 Å². The molecule has 0 aliphatic carbocycles. The van der Waals surface area contributed by atoms with Crippen LogP contribution in [-0.4, -0.2) is 45.4 Å². The number of benzene rings is 2. The number of carbonyl (C=O) groups is 1. The maximum Gasteiger partial charge on any atom is 0.496 e. The molecular formula is C26H34BFN2O4. The van der Waals surface area contributed by atoms with Crippen molar-refractivity contribution in [3.05, 3.63) is 47.8 Å². The normalized spacial score (nSPS) is 16.2. The molecule has 1 aliphatic rings. The van der Waals surface area contributed by atoms with Gasteiger partial charge in [0.05, 0.1) is 16.8 Å². The molecule has 0 atom stereocenters. The Kier molecular flexibility index (Phi) is 7.15. The van der Waals surface area contributed by atoms with Gasteiger partial charge in [0.25, 0.3) is 5.91 Å². The van der Waals surface area contributed by atoms with Crippen LogP contribution in [0.3, 0.4) is 0 Å². The van der Waals surface area contributed by atoms with Crippen molar-refractivity contribution in [2.75, 3.05) is 26.0 Å². The van der Waals surface area contributed by atoms with Gasteiger partial charge < -0.3 is 23.9 Å². The van der Waals surface area contributed by atoms with Gasteiger partial charge in [0.1, 0.15) is 17.2 Å². The largest absolute Gasteiger partial charge is 0.496 e. The number of hydrogen-bond donors (Lipinski definition) is 1. The average molecular weight is 468 g/mol. The summed E-state index contributed by atoms with van der Waals surface area (Å²) in [5, 5.41) is 3.33. The van der Waals surface area contributed by atoms with Gasteiger partial charge in [-0.25, -0.2) is 4.39 Å². The number of fused-ring (bicyclic) bond motifs is 1. The molecular weight excluding hydrogens is 434 g/mol. The maximum atomic E-state index is 13.5. The first-order chi connectivity index (χ1) is 15.9. The summed E-state index contributed by atoms with van der Waals surface area (Å²) in [7, 11) is 4.82. The highest BCUT2D eigenvalue weighted by atomic mass is 19.1. The van der Waals surface area contributed by atoms with Crippen molar-refractivity contribution < 1.29 is 22.9 Å². The van der Waals surface area contributed by atoms with Crippen LogP contribution in [0.25, 0.3) is 22.3 Å². The molecule has 0 unspecified atom stereocenters. The van der Waals surface area contributed by atoms with Gasteiger partial charge in [0.2, 0.25) is 0 Å². The van der Waals surface area contributed by atoms with Gasteiger partial charge in [-0.2, -0.15) is 0 Å². The lowest BCUT2D eigenvalue weighted by molar-refractivity contribution is 0.00578. The van der Waals surface area contributed by atoms with E-state index >= 15 is 0 Å². The number of anilines is 1. The second kappa shape index (κ2) is 9.43. The highest BCUT2D eigenvalue weighted by Gasteiger charge is 2.52. The Morgan fingerprint density at radius 3 is 2.06 bits per heavy atom. The van der Waals surface area contributed by atoms with Crippen LogP contribution in [0.5, 0.6) is 0 Å². The predicted octanol–water partition coefficient (Wildman–Crippen LogP) is 4.99. The van der Waals surface area contributed by atoms with Gasteiger partial charge in [0.15, 0.2) is 0 Å². The van der Waals surface area contributed by atoms with Gasteiger partial charge in [-0.3, -0.25) is 4.79 Å². The minimum atomic E-state index is -0.608. The van der Waals surface area contributed by atoms with Crippen LogP contribution >= 0.6 is 0 Å². The molecule has 2 aromatic carbocycles. The zero-order valence-corrected chi connectivity index (χ0v) is 21.5. The lowest BCUT2D eigenvalue weighted by atomic mass is 9.76. The van der Waals surface area contributed by atoms with Crippen LogP contribution in [-0.2, 0) is 9.31 Å². The Morgan fingerprint density at radius 1 is 1.00 bits per heavy atom. The van der Waals surface area contributed by atoms with E-state index in [1.54, 1.807) is 19.2 Å². The van der Waals surface area contributed by atoms with Crippen LogP contribution in [0.15, 0.2) is 40.8 Å². The molecule has 34 heavy (non-hydrogen) atoms. The quantitative estimate of drug-likeness (QED) is 0.547. The predicted molar refractivity (Wildman–Crippen MR) is 136 cm³/mol. The number of amides is 1. The van der Waals surface area contributed by atoms with Gasteiger partial charge >= 0.3 is 7.12 Å². The second-order valence-electron chi connectivity index (χ2n) is 9.28. The third-order valence-electron chi connectivity index (χ3n) is 6.39. The number of halogens is 1. The summed E-state index contributed by atoms with van der Waals surface area (Å²) < 4.78 is 32.2. The van der Waals surface area contributed by atoms with E-state index in [2.05, 4.69) is 5.32 Å². The molecule has 182 valence electrons. The molecule has 6 nitrogen and oxygen atoms in total. The zero-order chi connectivity index (χ0) is 25.4. The van der Waals surface area contributed by atoms with Crippen molar-refractivity contribution in [1.29, 1.82) is 0 Å². The fourth-order valence-corrected chi connectivity index (χ4v) is 3.85. The highest BCUT2D eigenvalue weighted by Crippen LogP contribution is 2.39. The molecule has 8 heteroatoms. The number of rotatable bonds is 4. The van der Waals surface area contributed by atoms with Crippen molar-refractivity contribution in [2.45, 2.75) is 52.7 Å².